The van der Waals surface area contributed by atoms with Crippen LogP contribution in [0.25, 0.3) is 0 Å². The van der Waals surface area contributed by atoms with Crippen molar-refractivity contribution < 1.29 is 0 Å². The lowest BCUT2D eigenvalue weighted by molar-refractivity contribution is 1.48. The van der Waals surface area contributed by atoms with Crippen LogP contribution in [-0.4, -0.2) is 12.6 Å². The third kappa shape index (κ3) is 2.89. The molecule has 0 aromatic carbocycles. The van der Waals surface area contributed by atoms with Crippen LogP contribution in [0.2, 0.25) is 0 Å². The Bertz CT molecular complexity index is 103. The second-order valence-corrected chi connectivity index (χ2v) is 1.02. The molecule has 0 atom stereocenters. The predicted octanol–water partition coefficient (Wildman–Crippen LogP) is 1.25. The number of amidine groups is 1. The number of hydrogen-bond acceptors (Lipinski definition) is 1. The number of rotatable bonds is 1. The molecule has 0 fully saturated rings. The van der Waals surface area contributed by atoms with Gasteiger partial charge < -0.3 is 0 Å². The molecule has 0 spiro atoms. The highest BCUT2D eigenvalue weighted by Crippen LogP contribution is 1.75. The second-order valence-electron chi connectivity index (χ2n) is 1.02. The topological polar surface area (TPSA) is 24.7 Å². The molecule has 2 nitrogen and oxygen atoms in total. The molecular weight excluding hydrogens is 88.1 g/mol. The van der Waals surface area contributed by atoms with Crippen molar-refractivity contribution >= 4 is 12.6 Å². The van der Waals surface area contributed by atoms with Crippen molar-refractivity contribution in [3.63, 3.8) is 0 Å². The Morgan fingerprint density at radius 2 is 2.29 bits per heavy atom. The lowest BCUT2D eigenvalue weighted by Gasteiger charge is -1.79. The van der Waals surface area contributed by atoms with E-state index in [4.69, 9.17) is 0 Å². The van der Waals surface area contributed by atoms with Gasteiger partial charge >= 0.3 is 0 Å². The van der Waals surface area contributed by atoms with Crippen molar-refractivity contribution in [2.24, 2.45) is 9.98 Å². The summed E-state index contributed by atoms with van der Waals surface area (Å²) in [6.07, 6.45) is 1.43. The maximum absolute atomic E-state index is 3.69. The van der Waals surface area contributed by atoms with Crippen molar-refractivity contribution in [3.8, 4) is 0 Å². The van der Waals surface area contributed by atoms with Gasteiger partial charge in [0.1, 0.15) is 5.84 Å². The molecule has 0 aromatic rings. The zero-order valence-electron chi connectivity index (χ0n) is 4.39. The van der Waals surface area contributed by atoms with Gasteiger partial charge in [-0.15, -0.1) is 0 Å². The zero-order chi connectivity index (χ0) is 5.70. The molecule has 0 aromatic heterocycles. The SMILES string of the molecule is C=C/N=C(/C)N=C. The minimum atomic E-state index is 0.648. The van der Waals surface area contributed by atoms with E-state index < -0.39 is 0 Å². The van der Waals surface area contributed by atoms with Crippen LogP contribution >= 0.6 is 0 Å². The van der Waals surface area contributed by atoms with Crippen LogP contribution in [-0.2, 0) is 0 Å². The molecule has 0 saturated heterocycles. The lowest BCUT2D eigenvalue weighted by Crippen LogP contribution is -1.78. The summed E-state index contributed by atoms with van der Waals surface area (Å²) in [7, 11) is 0. The third-order valence-electron chi connectivity index (χ3n) is 0.507. The van der Waals surface area contributed by atoms with Gasteiger partial charge in [-0.1, -0.05) is 6.58 Å². The van der Waals surface area contributed by atoms with E-state index >= 15 is 0 Å². The first kappa shape index (κ1) is 6.08. The average molecular weight is 96.1 g/mol. The highest BCUT2D eigenvalue weighted by Gasteiger charge is 1.71. The Balaban J connectivity index is 3.72. The summed E-state index contributed by atoms with van der Waals surface area (Å²) in [6.45, 7) is 8.38. The van der Waals surface area contributed by atoms with Crippen molar-refractivity contribution in [3.05, 3.63) is 12.8 Å². The summed E-state index contributed by atoms with van der Waals surface area (Å²) in [5.41, 5.74) is 0. The van der Waals surface area contributed by atoms with Crippen LogP contribution in [0.15, 0.2) is 22.8 Å². The normalized spacial score (nSPS) is 10.7. The number of nitrogens with zero attached hydrogens (tertiary/aromatic N) is 2. The highest BCUT2D eigenvalue weighted by molar-refractivity contribution is 5.84. The first-order chi connectivity index (χ1) is 3.31. The molecule has 0 bridgehead atoms. The van der Waals surface area contributed by atoms with Crippen molar-refractivity contribution in [1.29, 1.82) is 0 Å². The van der Waals surface area contributed by atoms with Crippen LogP contribution in [0, 0.1) is 0 Å². The number of hydrogen-bond donors (Lipinski definition) is 0. The monoisotopic (exact) mass is 96.1 g/mol. The van der Waals surface area contributed by atoms with Gasteiger partial charge in [-0.3, -0.25) is 0 Å². The maximum atomic E-state index is 3.69. The first-order valence-corrected chi connectivity index (χ1v) is 1.93. The molecular formula is C5H8N2. The summed E-state index contributed by atoms with van der Waals surface area (Å²) in [5, 5.41) is 0. The van der Waals surface area contributed by atoms with E-state index in [-0.39, 0.29) is 0 Å². The zero-order valence-corrected chi connectivity index (χ0v) is 4.39. The van der Waals surface area contributed by atoms with Crippen molar-refractivity contribution in [1.82, 2.24) is 0 Å². The van der Waals surface area contributed by atoms with Gasteiger partial charge in [-0.2, -0.15) is 0 Å². The van der Waals surface area contributed by atoms with Crippen LogP contribution in [0.5, 0.6) is 0 Å². The Kier molecular flexibility index (Phi) is 2.85. The van der Waals surface area contributed by atoms with Gasteiger partial charge in [0.25, 0.3) is 0 Å². The van der Waals surface area contributed by atoms with E-state index in [9.17, 15) is 0 Å². The fraction of sp³-hybridized carbons (Fsp3) is 0.200. The molecule has 0 aliphatic heterocycles. The summed E-state index contributed by atoms with van der Waals surface area (Å²) in [6, 6.07) is 0. The average Bonchev–Trinajstić information content (AvgIpc) is 1.68. The van der Waals surface area contributed by atoms with Gasteiger partial charge in [0, 0.05) is 6.20 Å². The van der Waals surface area contributed by atoms with Gasteiger partial charge in [0.05, 0.1) is 0 Å². The fourth-order valence-electron chi connectivity index (χ4n) is 0.173. The third-order valence-corrected chi connectivity index (χ3v) is 0.507. The molecule has 0 saturated carbocycles. The Hall–Kier alpha value is -0.920. The summed E-state index contributed by atoms with van der Waals surface area (Å²) in [5.74, 6) is 0.648. The number of aliphatic imine (C=N–C) groups is 2. The Morgan fingerprint density at radius 3 is 2.43 bits per heavy atom. The van der Waals surface area contributed by atoms with E-state index in [1.54, 1.807) is 6.92 Å². The molecule has 0 aliphatic rings. The van der Waals surface area contributed by atoms with E-state index in [0.717, 1.165) is 0 Å². The molecule has 0 heterocycles. The summed E-state index contributed by atoms with van der Waals surface area (Å²) >= 11 is 0. The smallest absolute Gasteiger partial charge is 0.124 e. The predicted molar refractivity (Wildman–Crippen MR) is 32.9 cm³/mol. The summed E-state index contributed by atoms with van der Waals surface area (Å²) in [4.78, 5) is 7.20. The van der Waals surface area contributed by atoms with Gasteiger partial charge in [-0.25, -0.2) is 9.98 Å². The minimum absolute atomic E-state index is 0.648. The molecule has 0 rings (SSSR count). The Labute approximate surface area is 43.3 Å². The minimum Gasteiger partial charge on any atom is -0.250 e. The fourth-order valence-corrected chi connectivity index (χ4v) is 0.173. The lowest BCUT2D eigenvalue weighted by atomic mass is 10.7. The maximum Gasteiger partial charge on any atom is 0.124 e. The van der Waals surface area contributed by atoms with Crippen LogP contribution in [0.3, 0.4) is 0 Å². The van der Waals surface area contributed by atoms with Gasteiger partial charge in [-0.05, 0) is 13.6 Å². The second kappa shape index (κ2) is 3.28. The standard InChI is InChI=1S/C5H8N2/c1-4-7-5(2)6-3/h4H,1,3H2,2H3/b7-5-. The van der Waals surface area contributed by atoms with E-state index in [1.807, 2.05) is 0 Å². The van der Waals surface area contributed by atoms with Crippen LogP contribution in [0.1, 0.15) is 6.92 Å². The van der Waals surface area contributed by atoms with Crippen molar-refractivity contribution in [2.75, 3.05) is 0 Å². The highest BCUT2D eigenvalue weighted by atomic mass is 14.9. The van der Waals surface area contributed by atoms with Gasteiger partial charge in [0.2, 0.25) is 0 Å². The van der Waals surface area contributed by atoms with E-state index in [2.05, 4.69) is 23.3 Å². The van der Waals surface area contributed by atoms with Crippen LogP contribution < -0.4 is 0 Å². The molecule has 0 amide bonds. The molecule has 0 N–H and O–H groups in total. The Morgan fingerprint density at radius 1 is 1.71 bits per heavy atom. The van der Waals surface area contributed by atoms with E-state index in [0.29, 0.717) is 5.84 Å². The van der Waals surface area contributed by atoms with Crippen molar-refractivity contribution in [2.45, 2.75) is 6.92 Å². The first-order valence-electron chi connectivity index (χ1n) is 1.93. The molecule has 38 valence electrons. The molecule has 2 heteroatoms. The molecule has 7 heavy (non-hydrogen) atoms. The quantitative estimate of drug-likeness (QED) is 0.346. The molecule has 0 radical (unpaired) electrons. The van der Waals surface area contributed by atoms with E-state index in [1.165, 1.54) is 6.20 Å². The summed E-state index contributed by atoms with van der Waals surface area (Å²) < 4.78 is 0. The molecule has 0 aliphatic carbocycles. The van der Waals surface area contributed by atoms with Crippen LogP contribution in [0.4, 0.5) is 0 Å². The van der Waals surface area contributed by atoms with Gasteiger partial charge in [0.15, 0.2) is 0 Å². The largest absolute Gasteiger partial charge is 0.250 e. The molecule has 0 unspecified atom stereocenters.